The number of methoxy groups -OCH3 is 1. The third kappa shape index (κ3) is 4.98. The molecular formula is C17H20N4O3. The fourth-order valence-electron chi connectivity index (χ4n) is 2.30. The van der Waals surface area contributed by atoms with Gasteiger partial charge < -0.3 is 21.1 Å². The van der Waals surface area contributed by atoms with E-state index in [9.17, 15) is 9.59 Å². The number of nitrogens with one attached hydrogen (secondary N) is 2. The van der Waals surface area contributed by atoms with E-state index >= 15 is 0 Å². The lowest BCUT2D eigenvalue weighted by Crippen LogP contribution is -2.36. The second-order valence-electron chi connectivity index (χ2n) is 5.12. The molecular weight excluding hydrogens is 308 g/mol. The van der Waals surface area contributed by atoms with E-state index in [-0.39, 0.29) is 18.9 Å². The van der Waals surface area contributed by atoms with Gasteiger partial charge in [0.1, 0.15) is 0 Å². The van der Waals surface area contributed by atoms with E-state index in [1.807, 2.05) is 36.4 Å². The molecule has 0 aliphatic rings. The Morgan fingerprint density at radius 3 is 2.62 bits per heavy atom. The Bertz CT molecular complexity index is 691. The molecule has 0 fully saturated rings. The maximum Gasteiger partial charge on any atom is 0.312 e. The highest BCUT2D eigenvalue weighted by Crippen LogP contribution is 2.17. The zero-order valence-electron chi connectivity index (χ0n) is 13.4. The molecule has 1 unspecified atom stereocenters. The van der Waals surface area contributed by atoms with E-state index in [1.165, 1.54) is 7.11 Å². The van der Waals surface area contributed by atoms with Gasteiger partial charge in [-0.2, -0.15) is 0 Å². The Morgan fingerprint density at radius 2 is 1.96 bits per heavy atom. The third-order valence-electron chi connectivity index (χ3n) is 3.43. The van der Waals surface area contributed by atoms with Crippen LogP contribution in [0.25, 0.3) is 0 Å². The van der Waals surface area contributed by atoms with Crippen LogP contribution in [0.3, 0.4) is 0 Å². The van der Waals surface area contributed by atoms with E-state index in [1.54, 1.807) is 12.3 Å². The van der Waals surface area contributed by atoms with E-state index in [2.05, 4.69) is 15.6 Å². The maximum atomic E-state index is 12.2. The number of urea groups is 1. The van der Waals surface area contributed by atoms with Crippen LogP contribution in [0.15, 0.2) is 48.7 Å². The van der Waals surface area contributed by atoms with E-state index < -0.39 is 12.1 Å². The highest BCUT2D eigenvalue weighted by Gasteiger charge is 2.17. The summed E-state index contributed by atoms with van der Waals surface area (Å²) < 4.78 is 5.14. The highest BCUT2D eigenvalue weighted by molar-refractivity contribution is 5.78. The molecule has 0 spiro atoms. The zero-order valence-corrected chi connectivity index (χ0v) is 13.4. The molecule has 2 rings (SSSR count). The van der Waals surface area contributed by atoms with Crippen LogP contribution in [0.2, 0.25) is 0 Å². The number of nitrogens with two attached hydrogens (primary N) is 1. The molecule has 0 saturated heterocycles. The quantitative estimate of drug-likeness (QED) is 0.716. The number of pyridine rings is 1. The Balaban J connectivity index is 1.99. The van der Waals surface area contributed by atoms with E-state index in [4.69, 9.17) is 10.5 Å². The largest absolute Gasteiger partial charge is 0.481 e. The van der Waals surface area contributed by atoms with Crippen molar-refractivity contribution in [1.29, 1.82) is 0 Å². The SMILES string of the molecule is COc1ncccc1CNC(=O)CC(NC(N)=O)c1ccccc1. The molecule has 1 aromatic carbocycles. The first kappa shape index (κ1) is 17.3. The van der Waals surface area contributed by atoms with Crippen LogP contribution in [-0.2, 0) is 11.3 Å². The van der Waals surface area contributed by atoms with Gasteiger partial charge in [0, 0.05) is 18.3 Å². The first-order valence-corrected chi connectivity index (χ1v) is 7.45. The number of carbonyl (C=O) groups is 2. The van der Waals surface area contributed by atoms with Crippen LogP contribution in [-0.4, -0.2) is 24.0 Å². The molecule has 126 valence electrons. The summed E-state index contributed by atoms with van der Waals surface area (Å²) in [7, 11) is 1.52. The fourth-order valence-corrected chi connectivity index (χ4v) is 2.30. The highest BCUT2D eigenvalue weighted by atomic mass is 16.5. The number of aromatic nitrogens is 1. The second kappa shape index (κ2) is 8.52. The molecule has 24 heavy (non-hydrogen) atoms. The summed E-state index contributed by atoms with van der Waals surface area (Å²) in [5.41, 5.74) is 6.78. The molecule has 0 aliphatic carbocycles. The molecule has 2 aromatic rings. The van der Waals surface area contributed by atoms with E-state index in [0.29, 0.717) is 5.88 Å². The van der Waals surface area contributed by atoms with Gasteiger partial charge in [-0.15, -0.1) is 0 Å². The van der Waals surface area contributed by atoms with Crippen molar-refractivity contribution in [2.75, 3.05) is 7.11 Å². The molecule has 3 amide bonds. The average Bonchev–Trinajstić information content (AvgIpc) is 2.60. The molecule has 0 radical (unpaired) electrons. The summed E-state index contributed by atoms with van der Waals surface area (Å²) >= 11 is 0. The second-order valence-corrected chi connectivity index (χ2v) is 5.12. The standard InChI is InChI=1S/C17H20N4O3/c1-24-16-13(8-5-9-19-16)11-20-15(22)10-14(21-17(18)23)12-6-3-2-4-7-12/h2-9,14H,10-11H2,1H3,(H,20,22)(H3,18,21,23). The molecule has 1 heterocycles. The van der Waals surface area contributed by atoms with Gasteiger partial charge in [-0.25, -0.2) is 9.78 Å². The first-order chi connectivity index (χ1) is 11.6. The topological polar surface area (TPSA) is 106 Å². The Labute approximate surface area is 140 Å². The van der Waals surface area contributed by atoms with Crippen molar-refractivity contribution in [3.63, 3.8) is 0 Å². The summed E-state index contributed by atoms with van der Waals surface area (Å²) in [5, 5.41) is 5.38. The number of carbonyl (C=O) groups excluding carboxylic acids is 2. The van der Waals surface area contributed by atoms with Gasteiger partial charge in [0.25, 0.3) is 0 Å². The average molecular weight is 328 g/mol. The number of ether oxygens (including phenoxy) is 1. The van der Waals surface area contributed by atoms with Crippen LogP contribution in [0.5, 0.6) is 5.88 Å². The van der Waals surface area contributed by atoms with Crippen LogP contribution in [0.4, 0.5) is 4.79 Å². The number of primary amides is 1. The summed E-state index contributed by atoms with van der Waals surface area (Å²) in [6.45, 7) is 0.286. The molecule has 7 nitrogen and oxygen atoms in total. The Hall–Kier alpha value is -3.09. The van der Waals surface area contributed by atoms with Gasteiger partial charge in [0.15, 0.2) is 0 Å². The number of hydrogen-bond donors (Lipinski definition) is 3. The molecule has 0 aliphatic heterocycles. The predicted molar refractivity (Wildman–Crippen MR) is 89.2 cm³/mol. The monoisotopic (exact) mass is 328 g/mol. The molecule has 0 bridgehead atoms. The Kier molecular flexibility index (Phi) is 6.13. The lowest BCUT2D eigenvalue weighted by atomic mass is 10.0. The normalized spacial score (nSPS) is 11.4. The van der Waals surface area contributed by atoms with Gasteiger partial charge in [0.05, 0.1) is 19.6 Å². The summed E-state index contributed by atoms with van der Waals surface area (Å²) in [4.78, 5) is 27.5. The van der Waals surface area contributed by atoms with Crippen molar-refractivity contribution in [2.45, 2.75) is 19.0 Å². The molecule has 1 aromatic heterocycles. The first-order valence-electron chi connectivity index (χ1n) is 7.45. The van der Waals surface area contributed by atoms with Crippen molar-refractivity contribution < 1.29 is 14.3 Å². The summed E-state index contributed by atoms with van der Waals surface area (Å²) in [5.74, 6) is 0.246. The molecule has 1 atom stereocenters. The molecule has 4 N–H and O–H groups in total. The van der Waals surface area contributed by atoms with Crippen LogP contribution < -0.4 is 21.1 Å². The smallest absolute Gasteiger partial charge is 0.312 e. The number of hydrogen-bond acceptors (Lipinski definition) is 4. The maximum absolute atomic E-state index is 12.2. The summed E-state index contributed by atoms with van der Waals surface area (Å²) in [6, 6.07) is 11.6. The molecule has 0 saturated carbocycles. The fraction of sp³-hybridized carbons (Fsp3) is 0.235. The minimum Gasteiger partial charge on any atom is -0.481 e. The van der Waals surface area contributed by atoms with E-state index in [0.717, 1.165) is 11.1 Å². The third-order valence-corrected chi connectivity index (χ3v) is 3.43. The Morgan fingerprint density at radius 1 is 1.21 bits per heavy atom. The molecule has 7 heteroatoms. The number of rotatable bonds is 7. The predicted octanol–water partition coefficient (Wildman–Crippen LogP) is 1.51. The number of benzene rings is 1. The number of amides is 3. The van der Waals surface area contributed by atoms with Gasteiger partial charge in [0.2, 0.25) is 11.8 Å². The van der Waals surface area contributed by atoms with Gasteiger partial charge in [-0.3, -0.25) is 4.79 Å². The van der Waals surface area contributed by atoms with Crippen LogP contribution >= 0.6 is 0 Å². The zero-order chi connectivity index (χ0) is 17.4. The summed E-state index contributed by atoms with van der Waals surface area (Å²) in [6.07, 6.45) is 1.70. The van der Waals surface area contributed by atoms with Gasteiger partial charge in [-0.1, -0.05) is 36.4 Å². The van der Waals surface area contributed by atoms with Crippen molar-refractivity contribution >= 4 is 11.9 Å². The lowest BCUT2D eigenvalue weighted by Gasteiger charge is -2.18. The lowest BCUT2D eigenvalue weighted by molar-refractivity contribution is -0.121. The minimum atomic E-state index is -0.675. The van der Waals surface area contributed by atoms with Crippen LogP contribution in [0.1, 0.15) is 23.6 Å². The van der Waals surface area contributed by atoms with Crippen molar-refractivity contribution in [2.24, 2.45) is 5.73 Å². The van der Waals surface area contributed by atoms with Gasteiger partial charge in [-0.05, 0) is 11.6 Å². The van der Waals surface area contributed by atoms with Crippen molar-refractivity contribution in [3.8, 4) is 5.88 Å². The minimum absolute atomic E-state index is 0.0789. The van der Waals surface area contributed by atoms with Crippen LogP contribution in [0, 0.1) is 0 Å². The van der Waals surface area contributed by atoms with Crippen molar-refractivity contribution in [3.05, 3.63) is 59.8 Å². The number of nitrogens with zero attached hydrogens (tertiary/aromatic N) is 1. The van der Waals surface area contributed by atoms with Crippen molar-refractivity contribution in [1.82, 2.24) is 15.6 Å². The van der Waals surface area contributed by atoms with Gasteiger partial charge >= 0.3 is 6.03 Å².